The number of rotatable bonds is 9. The summed E-state index contributed by atoms with van der Waals surface area (Å²) in [6.45, 7) is 7.84. The van der Waals surface area contributed by atoms with Crippen molar-refractivity contribution in [1.82, 2.24) is 0 Å². The molecule has 0 aliphatic heterocycles. The van der Waals surface area contributed by atoms with Gasteiger partial charge >= 0.3 is 5.97 Å². The summed E-state index contributed by atoms with van der Waals surface area (Å²) in [4.78, 5) is 11.1. The Bertz CT molecular complexity index is 206. The lowest BCUT2D eigenvalue weighted by molar-refractivity contribution is -0.149. The van der Waals surface area contributed by atoms with Crippen LogP contribution < -0.4 is 0 Å². The van der Waals surface area contributed by atoms with Crippen molar-refractivity contribution in [1.29, 1.82) is 0 Å². The molecule has 0 amide bonds. The van der Waals surface area contributed by atoms with E-state index in [1.165, 1.54) is 26.2 Å². The van der Waals surface area contributed by atoms with Crippen LogP contribution in [0.1, 0.15) is 66.2 Å². The van der Waals surface area contributed by atoms with Gasteiger partial charge in [-0.15, -0.1) is 11.6 Å². The second kappa shape index (κ2) is 9.76. The van der Waals surface area contributed by atoms with E-state index in [1.54, 1.807) is 0 Å². The summed E-state index contributed by atoms with van der Waals surface area (Å²) in [5, 5.41) is -0.0503. The third kappa shape index (κ3) is 7.64. The smallest absolute Gasteiger partial charge is 0.302 e. The van der Waals surface area contributed by atoms with Crippen molar-refractivity contribution in [3.8, 4) is 0 Å². The van der Waals surface area contributed by atoms with Crippen molar-refractivity contribution < 1.29 is 9.53 Å². The maximum Gasteiger partial charge on any atom is 0.302 e. The molecule has 3 unspecified atom stereocenters. The van der Waals surface area contributed by atoms with Gasteiger partial charge in [-0.2, -0.15) is 0 Å². The first-order valence-corrected chi connectivity index (χ1v) is 7.27. The van der Waals surface area contributed by atoms with Crippen LogP contribution in [0.2, 0.25) is 0 Å². The lowest BCUT2D eigenvalue weighted by Gasteiger charge is -2.27. The molecule has 2 nitrogen and oxygen atoms in total. The van der Waals surface area contributed by atoms with Gasteiger partial charge in [0.2, 0.25) is 0 Å². The van der Waals surface area contributed by atoms with E-state index in [9.17, 15) is 4.79 Å². The highest BCUT2D eigenvalue weighted by atomic mass is 35.5. The van der Waals surface area contributed by atoms with Gasteiger partial charge in [0.1, 0.15) is 6.10 Å². The maximum absolute atomic E-state index is 11.1. The average molecular weight is 263 g/mol. The van der Waals surface area contributed by atoms with Crippen molar-refractivity contribution in [2.24, 2.45) is 5.92 Å². The number of carbonyl (C=O) groups excluding carboxylic acids is 1. The first-order chi connectivity index (χ1) is 8.02. The summed E-state index contributed by atoms with van der Waals surface area (Å²) in [6, 6.07) is 0. The number of ether oxygens (including phenoxy) is 1. The van der Waals surface area contributed by atoms with Crippen LogP contribution in [0.4, 0.5) is 0 Å². The van der Waals surface area contributed by atoms with Gasteiger partial charge in [-0.3, -0.25) is 4.79 Å². The van der Waals surface area contributed by atoms with Gasteiger partial charge in [0, 0.05) is 6.92 Å². The van der Waals surface area contributed by atoms with Gasteiger partial charge in [-0.05, 0) is 18.8 Å². The highest BCUT2D eigenvalue weighted by molar-refractivity contribution is 6.21. The number of alkyl halides is 1. The van der Waals surface area contributed by atoms with Crippen molar-refractivity contribution >= 4 is 17.6 Å². The Kier molecular flexibility index (Phi) is 9.62. The molecule has 0 N–H and O–H groups in total. The van der Waals surface area contributed by atoms with Crippen molar-refractivity contribution in [2.45, 2.75) is 77.7 Å². The van der Waals surface area contributed by atoms with Crippen LogP contribution in [0, 0.1) is 5.92 Å². The minimum Gasteiger partial charge on any atom is -0.461 e. The lowest BCUT2D eigenvalue weighted by atomic mass is 9.95. The van der Waals surface area contributed by atoms with Crippen molar-refractivity contribution in [2.75, 3.05) is 0 Å². The Morgan fingerprint density at radius 2 is 1.88 bits per heavy atom. The largest absolute Gasteiger partial charge is 0.461 e. The third-order valence-corrected chi connectivity index (χ3v) is 3.66. The molecule has 102 valence electrons. The second-order valence-electron chi connectivity index (χ2n) is 4.82. The molecule has 0 rings (SSSR count). The molecule has 0 radical (unpaired) electrons. The van der Waals surface area contributed by atoms with E-state index in [0.717, 1.165) is 19.3 Å². The normalized spacial score (nSPS) is 16.3. The molecule has 0 aromatic heterocycles. The summed E-state index contributed by atoms with van der Waals surface area (Å²) in [7, 11) is 0. The molecule has 3 atom stereocenters. The van der Waals surface area contributed by atoms with E-state index < -0.39 is 0 Å². The van der Waals surface area contributed by atoms with Crippen LogP contribution in [0.5, 0.6) is 0 Å². The van der Waals surface area contributed by atoms with E-state index in [1.807, 2.05) is 0 Å². The Morgan fingerprint density at radius 1 is 1.24 bits per heavy atom. The van der Waals surface area contributed by atoms with Crippen LogP contribution in [-0.4, -0.2) is 17.5 Å². The average Bonchev–Trinajstić information content (AvgIpc) is 2.30. The third-order valence-electron chi connectivity index (χ3n) is 3.20. The first-order valence-electron chi connectivity index (χ1n) is 6.84. The van der Waals surface area contributed by atoms with Gasteiger partial charge in [-0.25, -0.2) is 0 Å². The van der Waals surface area contributed by atoms with Gasteiger partial charge in [0.05, 0.1) is 5.38 Å². The number of hydrogen-bond donors (Lipinski definition) is 0. The number of carbonyl (C=O) groups is 1. The molecule has 0 aromatic carbocycles. The van der Waals surface area contributed by atoms with E-state index in [-0.39, 0.29) is 17.5 Å². The fourth-order valence-corrected chi connectivity index (χ4v) is 2.35. The monoisotopic (exact) mass is 262 g/mol. The summed E-state index contributed by atoms with van der Waals surface area (Å²) in [6.07, 6.45) is 6.60. The van der Waals surface area contributed by atoms with Crippen LogP contribution in [-0.2, 0) is 9.53 Å². The Morgan fingerprint density at radius 3 is 2.35 bits per heavy atom. The highest BCUT2D eigenvalue weighted by Gasteiger charge is 2.26. The van der Waals surface area contributed by atoms with E-state index in [4.69, 9.17) is 16.3 Å². The molecule has 17 heavy (non-hydrogen) atoms. The number of hydrogen-bond acceptors (Lipinski definition) is 2. The van der Waals surface area contributed by atoms with Crippen LogP contribution in [0.3, 0.4) is 0 Å². The predicted molar refractivity (Wildman–Crippen MR) is 73.4 cm³/mol. The predicted octanol–water partition coefficient (Wildman–Crippen LogP) is 4.54. The Labute approximate surface area is 111 Å². The van der Waals surface area contributed by atoms with E-state index in [2.05, 4.69) is 20.8 Å². The minimum absolute atomic E-state index is 0.0503. The van der Waals surface area contributed by atoms with Gasteiger partial charge in [0.25, 0.3) is 0 Å². The molecular weight excluding hydrogens is 236 g/mol. The molecule has 0 saturated heterocycles. The molecule has 0 heterocycles. The molecule has 3 heteroatoms. The van der Waals surface area contributed by atoms with E-state index >= 15 is 0 Å². The lowest BCUT2D eigenvalue weighted by Crippen LogP contribution is -2.33. The van der Waals surface area contributed by atoms with E-state index in [0.29, 0.717) is 5.92 Å². The molecule has 0 aromatic rings. The molecule has 0 aliphatic carbocycles. The Balaban J connectivity index is 4.12. The van der Waals surface area contributed by atoms with Crippen LogP contribution >= 0.6 is 11.6 Å². The second-order valence-corrected chi connectivity index (χ2v) is 5.39. The zero-order valence-corrected chi connectivity index (χ0v) is 12.4. The Hall–Kier alpha value is -0.240. The van der Waals surface area contributed by atoms with Crippen LogP contribution in [0.25, 0.3) is 0 Å². The van der Waals surface area contributed by atoms with Crippen molar-refractivity contribution in [3.05, 3.63) is 0 Å². The topological polar surface area (TPSA) is 26.3 Å². The fraction of sp³-hybridized carbons (Fsp3) is 0.929. The summed E-state index contributed by atoms with van der Waals surface area (Å²) < 4.78 is 5.35. The summed E-state index contributed by atoms with van der Waals surface area (Å²) in [5.41, 5.74) is 0. The molecule has 0 saturated carbocycles. The van der Waals surface area contributed by atoms with Gasteiger partial charge < -0.3 is 4.74 Å². The maximum atomic E-state index is 11.1. The molecule has 0 aliphatic rings. The van der Waals surface area contributed by atoms with Gasteiger partial charge in [-0.1, -0.05) is 46.5 Å². The van der Waals surface area contributed by atoms with Gasteiger partial charge in [0.15, 0.2) is 0 Å². The number of esters is 1. The summed E-state index contributed by atoms with van der Waals surface area (Å²) >= 11 is 6.37. The molecule has 0 fully saturated rings. The summed E-state index contributed by atoms with van der Waals surface area (Å²) in [5.74, 6) is 0.0992. The molecule has 0 bridgehead atoms. The zero-order chi connectivity index (χ0) is 13.3. The quantitative estimate of drug-likeness (QED) is 0.346. The minimum atomic E-state index is -0.227. The standard InChI is InChI=1S/C14H27ClO2/c1-5-7-8-9-10-13(15)14(11(3)6-2)17-12(4)16/h11,13-14H,5-10H2,1-4H3. The SMILES string of the molecule is CCCCCCC(Cl)C(OC(C)=O)C(C)CC. The molecule has 0 spiro atoms. The first kappa shape index (κ1) is 16.8. The fourth-order valence-electron chi connectivity index (χ4n) is 1.90. The van der Waals surface area contributed by atoms with Crippen LogP contribution in [0.15, 0.2) is 0 Å². The zero-order valence-electron chi connectivity index (χ0n) is 11.7. The molecular formula is C14H27ClO2. The highest BCUT2D eigenvalue weighted by Crippen LogP contribution is 2.23. The van der Waals surface area contributed by atoms with Crippen molar-refractivity contribution in [3.63, 3.8) is 0 Å². The number of halogens is 1. The number of unbranched alkanes of at least 4 members (excludes halogenated alkanes) is 3.